The van der Waals surface area contributed by atoms with Crippen molar-refractivity contribution in [1.82, 2.24) is 15.0 Å². The lowest BCUT2D eigenvalue weighted by Gasteiger charge is -2.10. The molecule has 3 heteroatoms. The van der Waals surface area contributed by atoms with Crippen LogP contribution >= 0.6 is 0 Å². The summed E-state index contributed by atoms with van der Waals surface area (Å²) >= 11 is 0. The van der Waals surface area contributed by atoms with E-state index in [1.807, 2.05) is 48.7 Å². The number of benzene rings is 4. The van der Waals surface area contributed by atoms with Crippen LogP contribution in [0.5, 0.6) is 0 Å². The molecule has 0 aliphatic carbocycles. The number of pyridine rings is 1. The van der Waals surface area contributed by atoms with Gasteiger partial charge in [0.05, 0.1) is 16.7 Å². The second kappa shape index (κ2) is 6.75. The van der Waals surface area contributed by atoms with Crippen LogP contribution in [0.2, 0.25) is 0 Å². The van der Waals surface area contributed by atoms with Gasteiger partial charge in [-0.3, -0.25) is 4.98 Å². The van der Waals surface area contributed by atoms with Crippen LogP contribution in [0, 0.1) is 0 Å². The van der Waals surface area contributed by atoms with E-state index in [9.17, 15) is 0 Å². The molecule has 0 unspecified atom stereocenters. The predicted molar refractivity (Wildman–Crippen MR) is 123 cm³/mol. The topological polar surface area (TPSA) is 38.7 Å². The van der Waals surface area contributed by atoms with Crippen LogP contribution in [0.3, 0.4) is 0 Å². The van der Waals surface area contributed by atoms with E-state index in [4.69, 9.17) is 9.97 Å². The molecule has 3 nitrogen and oxygen atoms in total. The number of hydrogen-bond donors (Lipinski definition) is 0. The SMILES string of the molecule is c1ccc(-c2nc(-c3ccc4c(c3)ncc3ccccc34)nc3ccccc23)cc1. The number of fused-ring (bicyclic) bond motifs is 4. The zero-order valence-corrected chi connectivity index (χ0v) is 16.2. The lowest BCUT2D eigenvalue weighted by Crippen LogP contribution is -1.95. The fraction of sp³-hybridized carbons (Fsp3) is 0. The van der Waals surface area contributed by atoms with Gasteiger partial charge in [0.2, 0.25) is 0 Å². The molecule has 0 aliphatic heterocycles. The Balaban J connectivity index is 1.59. The Morgan fingerprint density at radius 1 is 0.500 bits per heavy atom. The second-order valence-corrected chi connectivity index (χ2v) is 7.36. The van der Waals surface area contributed by atoms with Crippen LogP contribution in [0.1, 0.15) is 0 Å². The smallest absolute Gasteiger partial charge is 0.160 e. The molecule has 0 fully saturated rings. The molecular formula is C27H17N3. The van der Waals surface area contributed by atoms with Crippen LogP contribution < -0.4 is 0 Å². The number of para-hydroxylation sites is 1. The molecule has 140 valence electrons. The monoisotopic (exact) mass is 383 g/mol. The standard InChI is InChI=1S/C27H17N3/c1-2-8-18(9-3-1)26-23-12-6-7-13-24(23)29-27(30-26)19-14-15-22-21-11-5-4-10-20(21)17-28-25(22)16-19/h1-17H. The van der Waals surface area contributed by atoms with Gasteiger partial charge in [-0.1, -0.05) is 84.9 Å². The highest BCUT2D eigenvalue weighted by atomic mass is 14.9. The van der Waals surface area contributed by atoms with Crippen molar-refractivity contribution >= 4 is 32.6 Å². The van der Waals surface area contributed by atoms with Gasteiger partial charge in [-0.2, -0.15) is 0 Å². The fourth-order valence-electron chi connectivity index (χ4n) is 4.02. The van der Waals surface area contributed by atoms with Crippen LogP contribution in [-0.4, -0.2) is 15.0 Å². The largest absolute Gasteiger partial charge is 0.256 e. The molecule has 0 aliphatic rings. The number of aromatic nitrogens is 3. The Bertz CT molecular complexity index is 1540. The Labute approximate surface area is 173 Å². The number of nitrogens with zero attached hydrogens (tertiary/aromatic N) is 3. The van der Waals surface area contributed by atoms with Gasteiger partial charge >= 0.3 is 0 Å². The van der Waals surface area contributed by atoms with E-state index in [0.29, 0.717) is 5.82 Å². The van der Waals surface area contributed by atoms with Gasteiger partial charge in [-0.15, -0.1) is 0 Å². The summed E-state index contributed by atoms with van der Waals surface area (Å²) in [6.45, 7) is 0. The highest BCUT2D eigenvalue weighted by molar-refractivity contribution is 6.06. The van der Waals surface area contributed by atoms with E-state index >= 15 is 0 Å². The Hall–Kier alpha value is -4.11. The van der Waals surface area contributed by atoms with Crippen LogP contribution in [0.15, 0.2) is 103 Å². The second-order valence-electron chi connectivity index (χ2n) is 7.36. The van der Waals surface area contributed by atoms with Crippen molar-refractivity contribution in [2.24, 2.45) is 0 Å². The summed E-state index contributed by atoms with van der Waals surface area (Å²) in [5, 5.41) is 4.54. The zero-order chi connectivity index (χ0) is 19.9. The van der Waals surface area contributed by atoms with Gasteiger partial charge in [-0.05, 0) is 17.5 Å². The minimum atomic E-state index is 0.712. The lowest BCUT2D eigenvalue weighted by molar-refractivity contribution is 1.23. The first kappa shape index (κ1) is 16.8. The van der Waals surface area contributed by atoms with Crippen molar-refractivity contribution in [2.45, 2.75) is 0 Å². The number of hydrogen-bond acceptors (Lipinski definition) is 3. The van der Waals surface area contributed by atoms with Crippen LogP contribution in [0.25, 0.3) is 55.2 Å². The van der Waals surface area contributed by atoms with Gasteiger partial charge < -0.3 is 0 Å². The van der Waals surface area contributed by atoms with E-state index < -0.39 is 0 Å². The van der Waals surface area contributed by atoms with Gasteiger partial charge in [0.15, 0.2) is 5.82 Å². The minimum absolute atomic E-state index is 0.712. The lowest BCUT2D eigenvalue weighted by atomic mass is 10.0. The summed E-state index contributed by atoms with van der Waals surface area (Å²) < 4.78 is 0. The van der Waals surface area contributed by atoms with Gasteiger partial charge in [0.1, 0.15) is 0 Å². The van der Waals surface area contributed by atoms with Crippen molar-refractivity contribution in [1.29, 1.82) is 0 Å². The molecule has 2 heterocycles. The molecule has 0 bridgehead atoms. The van der Waals surface area contributed by atoms with E-state index in [0.717, 1.165) is 44.0 Å². The minimum Gasteiger partial charge on any atom is -0.256 e. The maximum atomic E-state index is 4.97. The van der Waals surface area contributed by atoms with Crippen molar-refractivity contribution in [3.63, 3.8) is 0 Å². The van der Waals surface area contributed by atoms with E-state index in [1.165, 1.54) is 5.39 Å². The van der Waals surface area contributed by atoms with Gasteiger partial charge in [0, 0.05) is 33.5 Å². The van der Waals surface area contributed by atoms with Crippen LogP contribution in [0.4, 0.5) is 0 Å². The Morgan fingerprint density at radius 3 is 2.17 bits per heavy atom. The maximum Gasteiger partial charge on any atom is 0.160 e. The van der Waals surface area contributed by atoms with Crippen molar-refractivity contribution in [3.05, 3.63) is 103 Å². The molecule has 0 atom stereocenters. The maximum absolute atomic E-state index is 4.97. The first-order valence-electron chi connectivity index (χ1n) is 9.97. The summed E-state index contributed by atoms with van der Waals surface area (Å²) in [5.74, 6) is 0.712. The molecule has 0 radical (unpaired) electrons. The highest BCUT2D eigenvalue weighted by Crippen LogP contribution is 2.31. The highest BCUT2D eigenvalue weighted by Gasteiger charge is 2.12. The summed E-state index contributed by atoms with van der Waals surface area (Å²) in [7, 11) is 0. The molecule has 0 N–H and O–H groups in total. The van der Waals surface area contributed by atoms with E-state index in [-0.39, 0.29) is 0 Å². The third-order valence-electron chi connectivity index (χ3n) is 5.50. The molecule has 6 aromatic rings. The summed E-state index contributed by atoms with van der Waals surface area (Å²) in [6.07, 6.45) is 1.93. The quantitative estimate of drug-likeness (QED) is 0.314. The normalized spacial score (nSPS) is 11.3. The molecule has 6 rings (SSSR count). The molecule has 0 amide bonds. The first-order chi connectivity index (χ1) is 14.9. The van der Waals surface area contributed by atoms with Crippen molar-refractivity contribution in [2.75, 3.05) is 0 Å². The average Bonchev–Trinajstić information content (AvgIpc) is 2.83. The molecule has 0 saturated heterocycles. The number of rotatable bonds is 2. The average molecular weight is 383 g/mol. The summed E-state index contributed by atoms with van der Waals surface area (Å²) in [4.78, 5) is 14.5. The molecule has 4 aromatic carbocycles. The molecule has 30 heavy (non-hydrogen) atoms. The summed E-state index contributed by atoms with van der Waals surface area (Å²) in [5.41, 5.74) is 4.88. The molecule has 0 saturated carbocycles. The molecule has 0 spiro atoms. The first-order valence-corrected chi connectivity index (χ1v) is 9.97. The Kier molecular flexibility index (Phi) is 3.78. The van der Waals surface area contributed by atoms with E-state index in [2.05, 4.69) is 59.6 Å². The van der Waals surface area contributed by atoms with Crippen molar-refractivity contribution in [3.8, 4) is 22.6 Å². The Morgan fingerprint density at radius 2 is 1.27 bits per heavy atom. The molecular weight excluding hydrogens is 366 g/mol. The summed E-state index contributed by atoms with van der Waals surface area (Å²) in [6, 6.07) is 33.1. The van der Waals surface area contributed by atoms with Crippen molar-refractivity contribution < 1.29 is 0 Å². The van der Waals surface area contributed by atoms with Gasteiger partial charge in [0.25, 0.3) is 0 Å². The molecule has 2 aromatic heterocycles. The van der Waals surface area contributed by atoms with E-state index in [1.54, 1.807) is 0 Å². The predicted octanol–water partition coefficient (Wildman–Crippen LogP) is 6.67. The third kappa shape index (κ3) is 2.72. The fourth-order valence-corrected chi connectivity index (χ4v) is 4.02. The zero-order valence-electron chi connectivity index (χ0n) is 16.2. The third-order valence-corrected chi connectivity index (χ3v) is 5.50. The van der Waals surface area contributed by atoms with Crippen LogP contribution in [-0.2, 0) is 0 Å². The van der Waals surface area contributed by atoms with Gasteiger partial charge in [-0.25, -0.2) is 9.97 Å².